The third-order valence-corrected chi connectivity index (χ3v) is 3.86. The van der Waals surface area contributed by atoms with E-state index in [9.17, 15) is 9.59 Å². The molecule has 0 radical (unpaired) electrons. The van der Waals surface area contributed by atoms with Crippen molar-refractivity contribution in [1.82, 2.24) is 10.2 Å². The number of amides is 2. The second-order valence-electron chi connectivity index (χ2n) is 4.00. The minimum absolute atomic E-state index is 0.119. The quantitative estimate of drug-likeness (QED) is 0.784. The summed E-state index contributed by atoms with van der Waals surface area (Å²) in [4.78, 5) is 26.8. The summed E-state index contributed by atoms with van der Waals surface area (Å²) in [5, 5.41) is 2.30. The number of carbonyl (C=O) groups excluding carboxylic acids is 2. The first kappa shape index (κ1) is 11.3. The molecule has 4 nitrogen and oxygen atoms in total. The monoisotopic (exact) mass is 238 g/mol. The zero-order valence-electron chi connectivity index (χ0n) is 9.32. The first-order chi connectivity index (χ1) is 7.56. The number of aryl methyl sites for hydroxylation is 1. The molecule has 0 spiro atoms. The van der Waals surface area contributed by atoms with Crippen LogP contribution in [0.1, 0.15) is 22.7 Å². The van der Waals surface area contributed by atoms with E-state index in [0.717, 1.165) is 0 Å². The maximum Gasteiger partial charge on any atom is 0.240 e. The van der Waals surface area contributed by atoms with Gasteiger partial charge in [0, 0.05) is 15.8 Å². The minimum Gasteiger partial charge on any atom is -0.294 e. The molecule has 86 valence electrons. The van der Waals surface area contributed by atoms with Gasteiger partial charge in [-0.2, -0.15) is 0 Å². The van der Waals surface area contributed by atoms with Gasteiger partial charge < -0.3 is 0 Å². The Bertz CT molecular complexity index is 411. The van der Waals surface area contributed by atoms with Crippen molar-refractivity contribution in [3.63, 3.8) is 0 Å². The van der Waals surface area contributed by atoms with E-state index >= 15 is 0 Å². The van der Waals surface area contributed by atoms with Crippen LogP contribution < -0.4 is 5.32 Å². The molecule has 0 aromatic carbocycles. The highest BCUT2D eigenvalue weighted by atomic mass is 32.1. The third kappa shape index (κ3) is 2.31. The average molecular weight is 238 g/mol. The van der Waals surface area contributed by atoms with Crippen molar-refractivity contribution in [2.45, 2.75) is 19.9 Å². The van der Waals surface area contributed by atoms with Gasteiger partial charge in [0.2, 0.25) is 11.8 Å². The maximum atomic E-state index is 11.3. The van der Waals surface area contributed by atoms with E-state index in [1.54, 1.807) is 11.3 Å². The molecule has 2 heterocycles. The van der Waals surface area contributed by atoms with Crippen molar-refractivity contribution < 1.29 is 9.59 Å². The fraction of sp³-hybridized carbons (Fsp3) is 0.455. The second-order valence-corrected chi connectivity index (χ2v) is 5.32. The van der Waals surface area contributed by atoms with Crippen LogP contribution in [0.5, 0.6) is 0 Å². The highest BCUT2D eigenvalue weighted by Gasteiger charge is 2.27. The lowest BCUT2D eigenvalue weighted by Crippen LogP contribution is -2.51. The molecule has 1 saturated heterocycles. The van der Waals surface area contributed by atoms with Gasteiger partial charge >= 0.3 is 0 Å². The van der Waals surface area contributed by atoms with Crippen molar-refractivity contribution in [3.05, 3.63) is 21.9 Å². The van der Waals surface area contributed by atoms with Gasteiger partial charge in [-0.15, -0.1) is 11.3 Å². The summed E-state index contributed by atoms with van der Waals surface area (Å²) in [6.07, 6.45) is 0. The number of rotatable bonds is 2. The van der Waals surface area contributed by atoms with Gasteiger partial charge in [-0.1, -0.05) is 0 Å². The molecule has 1 aromatic heterocycles. The molecule has 16 heavy (non-hydrogen) atoms. The van der Waals surface area contributed by atoms with E-state index in [0.29, 0.717) is 13.1 Å². The number of imide groups is 1. The molecule has 2 rings (SSSR count). The van der Waals surface area contributed by atoms with Crippen LogP contribution in [-0.4, -0.2) is 29.8 Å². The van der Waals surface area contributed by atoms with E-state index in [2.05, 4.69) is 24.4 Å². The van der Waals surface area contributed by atoms with Crippen molar-refractivity contribution >= 4 is 23.2 Å². The van der Waals surface area contributed by atoms with Gasteiger partial charge in [-0.05, 0) is 26.0 Å². The topological polar surface area (TPSA) is 49.4 Å². The van der Waals surface area contributed by atoms with Crippen LogP contribution in [-0.2, 0) is 9.59 Å². The lowest BCUT2D eigenvalue weighted by atomic mass is 10.2. The zero-order chi connectivity index (χ0) is 11.7. The molecule has 5 heteroatoms. The van der Waals surface area contributed by atoms with Crippen LogP contribution in [0, 0.1) is 6.92 Å². The van der Waals surface area contributed by atoms with Crippen molar-refractivity contribution in [1.29, 1.82) is 0 Å². The Morgan fingerprint density at radius 3 is 2.44 bits per heavy atom. The fourth-order valence-electron chi connectivity index (χ4n) is 1.79. The molecule has 1 fully saturated rings. The van der Waals surface area contributed by atoms with Crippen LogP contribution in [0.25, 0.3) is 0 Å². The molecule has 2 amide bonds. The van der Waals surface area contributed by atoms with Crippen LogP contribution >= 0.6 is 11.3 Å². The Balaban J connectivity index is 2.12. The number of carbonyl (C=O) groups is 2. The minimum atomic E-state index is -0.212. The highest BCUT2D eigenvalue weighted by Crippen LogP contribution is 2.27. The third-order valence-electron chi connectivity index (χ3n) is 2.69. The van der Waals surface area contributed by atoms with Gasteiger partial charge in [0.15, 0.2) is 0 Å². The Morgan fingerprint density at radius 2 is 1.94 bits per heavy atom. The first-order valence-corrected chi connectivity index (χ1v) is 6.01. The molecule has 1 aliphatic heterocycles. The Hall–Kier alpha value is -1.20. The molecule has 1 aliphatic rings. The summed E-state index contributed by atoms with van der Waals surface area (Å²) in [5.74, 6) is -0.423. The smallest absolute Gasteiger partial charge is 0.240 e. The normalized spacial score (nSPS) is 19.6. The maximum absolute atomic E-state index is 11.3. The predicted molar refractivity (Wildman–Crippen MR) is 62.2 cm³/mol. The molecule has 1 atom stereocenters. The number of hydrogen-bond acceptors (Lipinski definition) is 4. The first-order valence-electron chi connectivity index (χ1n) is 5.19. The number of piperazine rings is 1. The van der Waals surface area contributed by atoms with E-state index in [1.165, 1.54) is 9.75 Å². The summed E-state index contributed by atoms with van der Waals surface area (Å²) in [6, 6.07) is 4.23. The summed E-state index contributed by atoms with van der Waals surface area (Å²) in [5.41, 5.74) is 0. The van der Waals surface area contributed by atoms with Gasteiger partial charge in [0.05, 0.1) is 13.1 Å². The van der Waals surface area contributed by atoms with Gasteiger partial charge in [-0.25, -0.2) is 0 Å². The van der Waals surface area contributed by atoms with E-state index in [1.807, 2.05) is 11.8 Å². The molecule has 1 unspecified atom stereocenters. The van der Waals surface area contributed by atoms with Crippen LogP contribution in [0.2, 0.25) is 0 Å². The molecule has 0 saturated carbocycles. The van der Waals surface area contributed by atoms with Crippen LogP contribution in [0.4, 0.5) is 0 Å². The van der Waals surface area contributed by atoms with E-state index < -0.39 is 0 Å². The van der Waals surface area contributed by atoms with Gasteiger partial charge in [0.25, 0.3) is 0 Å². The fourth-order valence-corrected chi connectivity index (χ4v) is 2.75. The van der Waals surface area contributed by atoms with E-state index in [-0.39, 0.29) is 17.9 Å². The van der Waals surface area contributed by atoms with Crippen LogP contribution in [0.15, 0.2) is 12.1 Å². The van der Waals surface area contributed by atoms with Crippen LogP contribution in [0.3, 0.4) is 0 Å². The highest BCUT2D eigenvalue weighted by molar-refractivity contribution is 7.12. The Labute approximate surface area is 98.3 Å². The van der Waals surface area contributed by atoms with E-state index in [4.69, 9.17) is 0 Å². The number of nitrogens with one attached hydrogen (secondary N) is 1. The average Bonchev–Trinajstić information content (AvgIpc) is 2.62. The van der Waals surface area contributed by atoms with Gasteiger partial charge in [0.1, 0.15) is 0 Å². The Morgan fingerprint density at radius 1 is 1.31 bits per heavy atom. The SMILES string of the molecule is Cc1ccc(C(C)N2CC(=O)NC(=O)C2)s1. The number of hydrogen-bond donors (Lipinski definition) is 1. The Kier molecular flexibility index (Phi) is 3.07. The molecule has 0 aliphatic carbocycles. The number of thiophene rings is 1. The summed E-state index contributed by atoms with van der Waals surface area (Å²) in [7, 11) is 0. The van der Waals surface area contributed by atoms with Crippen molar-refractivity contribution in [2.75, 3.05) is 13.1 Å². The molecular weight excluding hydrogens is 224 g/mol. The summed E-state index contributed by atoms with van der Waals surface area (Å²) < 4.78 is 0. The molecule has 0 bridgehead atoms. The second kappa shape index (κ2) is 4.35. The summed E-state index contributed by atoms with van der Waals surface area (Å²) in [6.45, 7) is 4.67. The molecule has 1 N–H and O–H groups in total. The predicted octanol–water partition coefficient (Wildman–Crippen LogP) is 1.08. The summed E-state index contributed by atoms with van der Waals surface area (Å²) >= 11 is 1.71. The van der Waals surface area contributed by atoms with Crippen molar-refractivity contribution in [2.24, 2.45) is 0 Å². The largest absolute Gasteiger partial charge is 0.294 e. The van der Waals surface area contributed by atoms with Crippen molar-refractivity contribution in [3.8, 4) is 0 Å². The molecule has 1 aromatic rings. The lowest BCUT2D eigenvalue weighted by molar-refractivity contribution is -0.136. The zero-order valence-corrected chi connectivity index (χ0v) is 10.1. The van der Waals surface area contributed by atoms with Gasteiger partial charge in [-0.3, -0.25) is 19.8 Å². The standard InChI is InChI=1S/C11H14N2O2S/c1-7-3-4-9(16-7)8(2)13-5-10(14)12-11(15)6-13/h3-4,8H,5-6H2,1-2H3,(H,12,14,15). The number of nitrogens with zero attached hydrogens (tertiary/aromatic N) is 1. The molecular formula is C11H14N2O2S. The lowest BCUT2D eigenvalue weighted by Gasteiger charge is -2.30.